The summed E-state index contributed by atoms with van der Waals surface area (Å²) in [4.78, 5) is 6.74. The Morgan fingerprint density at radius 3 is 2.68 bits per heavy atom. The molecule has 0 fully saturated rings. The van der Waals surface area contributed by atoms with E-state index in [1.54, 1.807) is 0 Å². The van der Waals surface area contributed by atoms with Crippen LogP contribution in [0.4, 0.5) is 11.5 Å². The van der Waals surface area contributed by atoms with E-state index in [1.165, 1.54) is 0 Å². The highest BCUT2D eigenvalue weighted by atomic mass is 79.9. The van der Waals surface area contributed by atoms with Crippen LogP contribution in [-0.4, -0.2) is 11.5 Å². The molecule has 1 aromatic heterocycles. The van der Waals surface area contributed by atoms with E-state index < -0.39 is 0 Å². The monoisotopic (exact) mass is 319 g/mol. The smallest absolute Gasteiger partial charge is 0.131 e. The second-order valence-corrected chi connectivity index (χ2v) is 5.42. The number of nitrogens with two attached hydrogens (primary N) is 1. The van der Waals surface area contributed by atoms with Gasteiger partial charge >= 0.3 is 0 Å². The number of hydrogen-bond acceptors (Lipinski definition) is 3. The van der Waals surface area contributed by atoms with Gasteiger partial charge in [0.05, 0.1) is 0 Å². The van der Waals surface area contributed by atoms with Crippen LogP contribution in [0, 0.1) is 6.92 Å². The first-order valence-corrected chi connectivity index (χ1v) is 7.11. The summed E-state index contributed by atoms with van der Waals surface area (Å²) in [6, 6.07) is 10.1. The molecule has 3 nitrogen and oxygen atoms in total. The molecule has 0 radical (unpaired) electrons. The lowest BCUT2D eigenvalue weighted by Crippen LogP contribution is -2.24. The van der Waals surface area contributed by atoms with E-state index >= 15 is 0 Å². The number of benzene rings is 1. The van der Waals surface area contributed by atoms with Gasteiger partial charge in [0.25, 0.3) is 0 Å². The number of para-hydroxylation sites is 1. The van der Waals surface area contributed by atoms with Crippen LogP contribution in [0.15, 0.2) is 41.0 Å². The maximum atomic E-state index is 6.01. The van der Waals surface area contributed by atoms with Gasteiger partial charge in [-0.15, -0.1) is 0 Å². The van der Waals surface area contributed by atoms with Crippen LogP contribution < -0.4 is 10.6 Å². The summed E-state index contributed by atoms with van der Waals surface area (Å²) in [5, 5.41) is 0. The van der Waals surface area contributed by atoms with Gasteiger partial charge in [-0.1, -0.05) is 18.2 Å². The van der Waals surface area contributed by atoms with E-state index in [2.05, 4.69) is 51.8 Å². The molecule has 1 aromatic carbocycles. The zero-order chi connectivity index (χ0) is 13.8. The molecule has 2 aromatic rings. The number of halogens is 1. The molecule has 0 aliphatic carbocycles. The Morgan fingerprint density at radius 2 is 2.05 bits per heavy atom. The summed E-state index contributed by atoms with van der Waals surface area (Å²) < 4.78 is 1.00. The second-order valence-electron chi connectivity index (χ2n) is 4.51. The van der Waals surface area contributed by atoms with Gasteiger partial charge in [-0.3, -0.25) is 0 Å². The van der Waals surface area contributed by atoms with E-state index in [0.717, 1.165) is 40.2 Å². The van der Waals surface area contributed by atoms with Crippen LogP contribution in [-0.2, 0) is 6.54 Å². The average molecular weight is 320 g/mol. The first kappa shape index (κ1) is 13.9. The van der Waals surface area contributed by atoms with Crippen LogP contribution in [0.3, 0.4) is 0 Å². The molecule has 1 heterocycles. The molecule has 0 bridgehead atoms. The summed E-state index contributed by atoms with van der Waals surface area (Å²) in [6.45, 7) is 5.87. The quantitative estimate of drug-likeness (QED) is 0.872. The molecule has 0 amide bonds. The topological polar surface area (TPSA) is 42.1 Å². The summed E-state index contributed by atoms with van der Waals surface area (Å²) >= 11 is 3.44. The molecular formula is C15H18BrN3. The molecule has 0 saturated carbocycles. The normalized spacial score (nSPS) is 10.5. The van der Waals surface area contributed by atoms with Gasteiger partial charge < -0.3 is 10.6 Å². The van der Waals surface area contributed by atoms with Crippen molar-refractivity contribution in [2.24, 2.45) is 0 Å². The van der Waals surface area contributed by atoms with Gasteiger partial charge in [0.1, 0.15) is 5.82 Å². The molecule has 0 spiro atoms. The predicted octanol–water partition coefficient (Wildman–Crippen LogP) is 3.76. The molecule has 0 saturated heterocycles. The van der Waals surface area contributed by atoms with Crippen molar-refractivity contribution in [2.45, 2.75) is 20.4 Å². The van der Waals surface area contributed by atoms with Crippen molar-refractivity contribution in [3.8, 4) is 0 Å². The minimum atomic E-state index is 0.776. The highest BCUT2D eigenvalue weighted by Gasteiger charge is 2.11. The van der Waals surface area contributed by atoms with Crippen molar-refractivity contribution in [3.05, 3.63) is 52.1 Å². The van der Waals surface area contributed by atoms with Crippen LogP contribution >= 0.6 is 15.9 Å². The number of nitrogen functional groups attached to an aromatic ring is 1. The third kappa shape index (κ3) is 3.26. The Labute approximate surface area is 122 Å². The van der Waals surface area contributed by atoms with Crippen molar-refractivity contribution < 1.29 is 0 Å². The number of pyridine rings is 1. The van der Waals surface area contributed by atoms with Gasteiger partial charge in [-0.05, 0) is 53.0 Å². The zero-order valence-corrected chi connectivity index (χ0v) is 12.8. The Morgan fingerprint density at radius 1 is 1.32 bits per heavy atom. The highest BCUT2D eigenvalue weighted by molar-refractivity contribution is 9.10. The van der Waals surface area contributed by atoms with Crippen LogP contribution in [0.1, 0.15) is 18.1 Å². The van der Waals surface area contributed by atoms with E-state index in [4.69, 9.17) is 5.73 Å². The van der Waals surface area contributed by atoms with Crippen LogP contribution in [0.2, 0.25) is 0 Å². The van der Waals surface area contributed by atoms with E-state index in [-0.39, 0.29) is 0 Å². The fourth-order valence-corrected chi connectivity index (χ4v) is 2.53. The van der Waals surface area contributed by atoms with Crippen LogP contribution in [0.5, 0.6) is 0 Å². The third-order valence-electron chi connectivity index (χ3n) is 3.11. The number of anilines is 2. The molecule has 4 heteroatoms. The molecule has 0 aliphatic heterocycles. The molecule has 2 rings (SSSR count). The molecule has 0 aliphatic rings. The van der Waals surface area contributed by atoms with Crippen LogP contribution in [0.25, 0.3) is 0 Å². The lowest BCUT2D eigenvalue weighted by molar-refractivity contribution is 0.810. The summed E-state index contributed by atoms with van der Waals surface area (Å²) in [6.07, 6.45) is 1.83. The summed E-state index contributed by atoms with van der Waals surface area (Å²) in [5.41, 5.74) is 9.13. The third-order valence-corrected chi connectivity index (χ3v) is 3.55. The molecule has 0 unspecified atom stereocenters. The largest absolute Gasteiger partial charge is 0.398 e. The number of nitrogens with zero attached hydrogens (tertiary/aromatic N) is 2. The Balaban J connectivity index is 2.28. The minimum absolute atomic E-state index is 0.776. The van der Waals surface area contributed by atoms with Crippen molar-refractivity contribution >= 4 is 27.4 Å². The Kier molecular flexibility index (Phi) is 4.43. The number of aromatic nitrogens is 1. The number of hydrogen-bond donors (Lipinski definition) is 1. The molecule has 100 valence electrons. The number of rotatable bonds is 4. The SMILES string of the molecule is CCN(Cc1ccccc1N)c1ncc(Br)cc1C. The van der Waals surface area contributed by atoms with Gasteiger partial charge in [0.2, 0.25) is 0 Å². The molecular weight excluding hydrogens is 302 g/mol. The minimum Gasteiger partial charge on any atom is -0.398 e. The second kappa shape index (κ2) is 6.06. The zero-order valence-electron chi connectivity index (χ0n) is 11.2. The average Bonchev–Trinajstić information content (AvgIpc) is 2.39. The standard InChI is InChI=1S/C15H18BrN3/c1-3-19(10-12-6-4-5-7-14(12)17)15-11(2)8-13(16)9-18-15/h4-9H,3,10,17H2,1-2H3. The fourth-order valence-electron chi connectivity index (χ4n) is 2.08. The van der Waals surface area contributed by atoms with E-state index in [1.807, 2.05) is 24.4 Å². The van der Waals surface area contributed by atoms with Gasteiger partial charge in [-0.25, -0.2) is 4.98 Å². The van der Waals surface area contributed by atoms with Crippen molar-refractivity contribution in [1.82, 2.24) is 4.98 Å². The van der Waals surface area contributed by atoms with Crippen molar-refractivity contribution in [2.75, 3.05) is 17.2 Å². The van der Waals surface area contributed by atoms with Gasteiger partial charge in [0, 0.05) is 29.4 Å². The lowest BCUT2D eigenvalue weighted by atomic mass is 10.1. The van der Waals surface area contributed by atoms with Crippen molar-refractivity contribution in [3.63, 3.8) is 0 Å². The van der Waals surface area contributed by atoms with E-state index in [9.17, 15) is 0 Å². The van der Waals surface area contributed by atoms with Gasteiger partial charge in [0.15, 0.2) is 0 Å². The lowest BCUT2D eigenvalue weighted by Gasteiger charge is -2.24. The summed E-state index contributed by atoms with van der Waals surface area (Å²) in [7, 11) is 0. The Bertz CT molecular complexity index is 569. The first-order chi connectivity index (χ1) is 9.11. The molecule has 2 N–H and O–H groups in total. The number of aryl methyl sites for hydroxylation is 1. The van der Waals surface area contributed by atoms with Gasteiger partial charge in [-0.2, -0.15) is 0 Å². The highest BCUT2D eigenvalue weighted by Crippen LogP contribution is 2.23. The predicted molar refractivity (Wildman–Crippen MR) is 84.3 cm³/mol. The van der Waals surface area contributed by atoms with Crippen molar-refractivity contribution in [1.29, 1.82) is 0 Å². The summed E-state index contributed by atoms with van der Waals surface area (Å²) in [5.74, 6) is 1.01. The maximum absolute atomic E-state index is 6.01. The Hall–Kier alpha value is -1.55. The fraction of sp³-hybridized carbons (Fsp3) is 0.267. The molecule has 19 heavy (non-hydrogen) atoms. The molecule has 0 atom stereocenters. The first-order valence-electron chi connectivity index (χ1n) is 6.32. The van der Waals surface area contributed by atoms with E-state index in [0.29, 0.717) is 0 Å². The maximum Gasteiger partial charge on any atom is 0.131 e.